The summed E-state index contributed by atoms with van der Waals surface area (Å²) in [6.07, 6.45) is -4.47. The lowest BCUT2D eigenvalue weighted by atomic mass is 10.1. The highest BCUT2D eigenvalue weighted by molar-refractivity contribution is 6.53. The third kappa shape index (κ3) is 2.50. The number of alkyl halides is 5. The average molecular weight is 284 g/mol. The van der Waals surface area contributed by atoms with Crippen LogP contribution in [0.1, 0.15) is 11.1 Å². The molecule has 7 heteroatoms. The van der Waals surface area contributed by atoms with Gasteiger partial charge in [-0.15, -0.1) is 0 Å². The van der Waals surface area contributed by atoms with Crippen LogP contribution in [0.2, 0.25) is 0 Å². The SMILES string of the molecule is FC(F)(F)c1cccc2c1N=C(C(Cl)Cl)OC2. The molecule has 1 aliphatic rings. The third-order valence-corrected chi connectivity index (χ3v) is 2.58. The Hall–Kier alpha value is -0.940. The van der Waals surface area contributed by atoms with E-state index in [4.69, 9.17) is 27.9 Å². The first-order valence-electron chi connectivity index (χ1n) is 4.58. The summed E-state index contributed by atoms with van der Waals surface area (Å²) in [5.74, 6) is -0.113. The minimum absolute atomic E-state index is 0.0198. The lowest BCUT2D eigenvalue weighted by molar-refractivity contribution is -0.137. The molecule has 0 bridgehead atoms. The Bertz CT molecular complexity index is 471. The number of halogens is 5. The van der Waals surface area contributed by atoms with Gasteiger partial charge in [0.25, 0.3) is 0 Å². The van der Waals surface area contributed by atoms with E-state index in [2.05, 4.69) is 4.99 Å². The second-order valence-corrected chi connectivity index (χ2v) is 4.45. The van der Waals surface area contributed by atoms with Crippen molar-refractivity contribution in [1.29, 1.82) is 0 Å². The highest BCUT2D eigenvalue weighted by atomic mass is 35.5. The maximum absolute atomic E-state index is 12.7. The Balaban J connectivity index is 2.55. The second-order valence-electron chi connectivity index (χ2n) is 3.35. The smallest absolute Gasteiger partial charge is 0.418 e. The Morgan fingerprint density at radius 2 is 2.00 bits per heavy atom. The van der Waals surface area contributed by atoms with Crippen LogP contribution >= 0.6 is 23.2 Å². The van der Waals surface area contributed by atoms with E-state index in [9.17, 15) is 13.2 Å². The molecular weight excluding hydrogens is 278 g/mol. The summed E-state index contributed by atoms with van der Waals surface area (Å²) >= 11 is 11.0. The van der Waals surface area contributed by atoms with Crippen molar-refractivity contribution >= 4 is 34.8 Å². The molecule has 0 fully saturated rings. The van der Waals surface area contributed by atoms with Crippen molar-refractivity contribution in [3.8, 4) is 0 Å². The number of ether oxygens (including phenoxy) is 1. The zero-order valence-electron chi connectivity index (χ0n) is 8.26. The largest absolute Gasteiger partial charge is 0.474 e. The van der Waals surface area contributed by atoms with Crippen LogP contribution in [-0.2, 0) is 17.5 Å². The fraction of sp³-hybridized carbons (Fsp3) is 0.300. The summed E-state index contributed by atoms with van der Waals surface area (Å²) in [6, 6.07) is 3.79. The van der Waals surface area contributed by atoms with Gasteiger partial charge in [0.1, 0.15) is 6.61 Å². The highest BCUT2D eigenvalue weighted by Crippen LogP contribution is 2.40. The molecule has 0 spiro atoms. The second kappa shape index (κ2) is 4.38. The number of aliphatic imine (C=N–C) groups is 1. The minimum Gasteiger partial charge on any atom is -0.474 e. The molecule has 0 unspecified atom stereocenters. The third-order valence-electron chi connectivity index (χ3n) is 2.21. The van der Waals surface area contributed by atoms with Crippen LogP contribution in [0.3, 0.4) is 0 Å². The zero-order valence-corrected chi connectivity index (χ0v) is 9.77. The lowest BCUT2D eigenvalue weighted by Gasteiger charge is -2.20. The fourth-order valence-corrected chi connectivity index (χ4v) is 1.70. The molecule has 17 heavy (non-hydrogen) atoms. The molecule has 0 atom stereocenters. The summed E-state index contributed by atoms with van der Waals surface area (Å²) in [5, 5.41) is 0. The standard InChI is InChI=1S/C10H6Cl2F3NO/c11-8(12)9-16-7-5(4-17-9)2-1-3-6(7)10(13,14)15/h1-3,8H,4H2. The monoisotopic (exact) mass is 283 g/mol. The van der Waals surface area contributed by atoms with Gasteiger partial charge in [-0.3, -0.25) is 0 Å². The molecule has 0 N–H and O–H groups in total. The van der Waals surface area contributed by atoms with E-state index < -0.39 is 16.6 Å². The van der Waals surface area contributed by atoms with Gasteiger partial charge in [-0.2, -0.15) is 13.2 Å². The molecule has 2 rings (SSSR count). The van der Waals surface area contributed by atoms with Crippen molar-refractivity contribution in [2.75, 3.05) is 0 Å². The topological polar surface area (TPSA) is 21.6 Å². The predicted molar refractivity (Wildman–Crippen MR) is 58.8 cm³/mol. The first-order valence-corrected chi connectivity index (χ1v) is 5.45. The van der Waals surface area contributed by atoms with Crippen molar-refractivity contribution in [2.24, 2.45) is 4.99 Å². The molecule has 0 amide bonds. The van der Waals surface area contributed by atoms with Gasteiger partial charge < -0.3 is 4.74 Å². The summed E-state index contributed by atoms with van der Waals surface area (Å²) in [5.41, 5.74) is -0.630. The van der Waals surface area contributed by atoms with Crippen molar-refractivity contribution in [2.45, 2.75) is 17.6 Å². The molecule has 0 aliphatic carbocycles. The Morgan fingerprint density at radius 3 is 2.59 bits per heavy atom. The maximum atomic E-state index is 12.7. The number of rotatable bonds is 1. The van der Waals surface area contributed by atoms with E-state index in [0.29, 0.717) is 5.56 Å². The molecule has 0 aromatic heterocycles. The molecular formula is C10H6Cl2F3NO. The van der Waals surface area contributed by atoms with Gasteiger partial charge in [0.2, 0.25) is 5.90 Å². The molecule has 2 nitrogen and oxygen atoms in total. The van der Waals surface area contributed by atoms with E-state index in [-0.39, 0.29) is 18.2 Å². The Morgan fingerprint density at radius 1 is 1.29 bits per heavy atom. The van der Waals surface area contributed by atoms with Crippen LogP contribution in [0.4, 0.5) is 18.9 Å². The van der Waals surface area contributed by atoms with Gasteiger partial charge >= 0.3 is 6.18 Å². The van der Waals surface area contributed by atoms with Crippen LogP contribution in [0, 0.1) is 0 Å². The quantitative estimate of drug-likeness (QED) is 0.712. The van der Waals surface area contributed by atoms with Gasteiger partial charge in [-0.05, 0) is 6.07 Å². The van der Waals surface area contributed by atoms with Crippen molar-refractivity contribution in [1.82, 2.24) is 0 Å². The predicted octanol–water partition coefficient (Wildman–Crippen LogP) is 4.07. The number of benzene rings is 1. The normalized spacial score (nSPS) is 15.3. The molecule has 1 heterocycles. The fourth-order valence-electron chi connectivity index (χ4n) is 1.47. The van der Waals surface area contributed by atoms with E-state index in [1.165, 1.54) is 12.1 Å². The number of hydrogen-bond donors (Lipinski definition) is 0. The van der Waals surface area contributed by atoms with Crippen LogP contribution in [0.15, 0.2) is 23.2 Å². The Kier molecular flexibility index (Phi) is 3.23. The lowest BCUT2D eigenvalue weighted by Crippen LogP contribution is -2.18. The summed E-state index contributed by atoms with van der Waals surface area (Å²) < 4.78 is 43.2. The first kappa shape index (κ1) is 12.5. The highest BCUT2D eigenvalue weighted by Gasteiger charge is 2.35. The number of nitrogens with zero attached hydrogens (tertiary/aromatic N) is 1. The Labute approximate surface area is 105 Å². The van der Waals surface area contributed by atoms with Gasteiger partial charge in [0.15, 0.2) is 4.84 Å². The van der Waals surface area contributed by atoms with Crippen molar-refractivity contribution in [3.05, 3.63) is 29.3 Å². The summed E-state index contributed by atoms with van der Waals surface area (Å²) in [7, 11) is 0. The van der Waals surface area contributed by atoms with Crippen molar-refractivity contribution < 1.29 is 17.9 Å². The summed E-state index contributed by atoms with van der Waals surface area (Å²) in [4.78, 5) is 2.64. The van der Waals surface area contributed by atoms with E-state index in [1.54, 1.807) is 0 Å². The summed E-state index contributed by atoms with van der Waals surface area (Å²) in [6.45, 7) is -0.0198. The zero-order chi connectivity index (χ0) is 12.6. The molecule has 92 valence electrons. The number of fused-ring (bicyclic) bond motifs is 1. The van der Waals surface area contributed by atoms with Gasteiger partial charge in [0, 0.05) is 5.56 Å². The van der Waals surface area contributed by atoms with Gasteiger partial charge in [-0.25, -0.2) is 4.99 Å². The number of para-hydroxylation sites is 1. The molecule has 0 radical (unpaired) electrons. The molecule has 1 aliphatic heterocycles. The molecule has 1 aromatic carbocycles. The van der Waals surface area contributed by atoms with Gasteiger partial charge in [0.05, 0.1) is 11.3 Å². The average Bonchev–Trinajstić information content (AvgIpc) is 2.26. The van der Waals surface area contributed by atoms with E-state index >= 15 is 0 Å². The first-order chi connectivity index (χ1) is 7.89. The van der Waals surface area contributed by atoms with Crippen LogP contribution in [0.5, 0.6) is 0 Å². The maximum Gasteiger partial charge on any atom is 0.418 e. The van der Waals surface area contributed by atoms with Crippen LogP contribution in [-0.4, -0.2) is 10.7 Å². The van der Waals surface area contributed by atoms with E-state index in [0.717, 1.165) is 6.07 Å². The van der Waals surface area contributed by atoms with Crippen LogP contribution in [0.25, 0.3) is 0 Å². The van der Waals surface area contributed by atoms with Crippen molar-refractivity contribution in [3.63, 3.8) is 0 Å². The molecule has 1 aromatic rings. The van der Waals surface area contributed by atoms with Crippen LogP contribution < -0.4 is 0 Å². The molecule has 0 saturated heterocycles. The number of hydrogen-bond acceptors (Lipinski definition) is 2. The molecule has 0 saturated carbocycles. The van der Waals surface area contributed by atoms with Gasteiger partial charge in [-0.1, -0.05) is 35.3 Å². The minimum atomic E-state index is -4.47. The van der Waals surface area contributed by atoms with E-state index in [1.807, 2.05) is 0 Å².